The van der Waals surface area contributed by atoms with Crippen molar-refractivity contribution in [2.45, 2.75) is 78.0 Å². The van der Waals surface area contributed by atoms with E-state index in [0.29, 0.717) is 12.2 Å². The second kappa shape index (κ2) is 14.2. The lowest BCUT2D eigenvalue weighted by Crippen LogP contribution is -2.57. The fraction of sp³-hybridized carbons (Fsp3) is 0.800. The van der Waals surface area contributed by atoms with Crippen LogP contribution in [0.2, 0.25) is 0 Å². The predicted octanol–water partition coefficient (Wildman–Crippen LogP) is 0.718. The SMILES string of the molecule is CCC(C)C(N)C(=O)NC(CCSC)C(=O)NC(C)C(=O)NC(CC(C)C)C(=O)O. The summed E-state index contributed by atoms with van der Waals surface area (Å²) >= 11 is 1.53. The Kier molecular flexibility index (Phi) is 13.4. The molecule has 10 heteroatoms. The van der Waals surface area contributed by atoms with Gasteiger partial charge in [0.05, 0.1) is 6.04 Å². The molecule has 0 heterocycles. The molecule has 6 N–H and O–H groups in total. The van der Waals surface area contributed by atoms with Gasteiger partial charge in [-0.05, 0) is 43.6 Å². The molecule has 9 nitrogen and oxygen atoms in total. The lowest BCUT2D eigenvalue weighted by atomic mass is 9.99. The normalized spacial score (nSPS) is 16.1. The van der Waals surface area contributed by atoms with Gasteiger partial charge in [-0.1, -0.05) is 34.1 Å². The van der Waals surface area contributed by atoms with Gasteiger partial charge in [0.15, 0.2) is 0 Å². The molecule has 0 aromatic rings. The van der Waals surface area contributed by atoms with Gasteiger partial charge in [0, 0.05) is 0 Å². The van der Waals surface area contributed by atoms with Crippen LogP contribution in [-0.2, 0) is 19.2 Å². The van der Waals surface area contributed by atoms with E-state index in [1.807, 2.05) is 34.0 Å². The number of rotatable bonds is 14. The molecule has 174 valence electrons. The molecule has 0 aliphatic rings. The van der Waals surface area contributed by atoms with E-state index in [9.17, 15) is 24.3 Å². The highest BCUT2D eigenvalue weighted by atomic mass is 32.2. The smallest absolute Gasteiger partial charge is 0.326 e. The number of nitrogens with one attached hydrogen (secondary N) is 3. The van der Waals surface area contributed by atoms with Gasteiger partial charge in [-0.2, -0.15) is 11.8 Å². The molecule has 0 fully saturated rings. The molecule has 0 spiro atoms. The summed E-state index contributed by atoms with van der Waals surface area (Å²) in [7, 11) is 0. The molecular formula is C20H38N4O5S. The van der Waals surface area contributed by atoms with Crippen LogP contribution < -0.4 is 21.7 Å². The Labute approximate surface area is 183 Å². The van der Waals surface area contributed by atoms with Crippen LogP contribution in [0, 0.1) is 11.8 Å². The van der Waals surface area contributed by atoms with E-state index in [0.717, 1.165) is 6.42 Å². The monoisotopic (exact) mass is 446 g/mol. The number of carboxylic acid groups (broad SMARTS) is 1. The third-order valence-electron chi connectivity index (χ3n) is 4.88. The summed E-state index contributed by atoms with van der Waals surface area (Å²) in [6.07, 6.45) is 3.28. The maximum absolute atomic E-state index is 12.7. The first-order chi connectivity index (χ1) is 13.9. The van der Waals surface area contributed by atoms with Gasteiger partial charge in [0.25, 0.3) is 0 Å². The molecule has 0 aliphatic carbocycles. The van der Waals surface area contributed by atoms with Crippen LogP contribution >= 0.6 is 11.8 Å². The maximum atomic E-state index is 12.7. The zero-order valence-electron chi connectivity index (χ0n) is 18.9. The number of amides is 3. The molecule has 5 atom stereocenters. The minimum absolute atomic E-state index is 0.0344. The number of carbonyl (C=O) groups excluding carboxylic acids is 3. The molecule has 0 saturated heterocycles. The van der Waals surface area contributed by atoms with Gasteiger partial charge < -0.3 is 26.8 Å². The first kappa shape index (κ1) is 28.2. The van der Waals surface area contributed by atoms with Crippen molar-refractivity contribution in [1.82, 2.24) is 16.0 Å². The highest BCUT2D eigenvalue weighted by Gasteiger charge is 2.29. The lowest BCUT2D eigenvalue weighted by molar-refractivity contribution is -0.142. The second-order valence-electron chi connectivity index (χ2n) is 8.01. The van der Waals surface area contributed by atoms with Crippen molar-refractivity contribution in [2.24, 2.45) is 17.6 Å². The number of aliphatic carboxylic acids is 1. The Morgan fingerprint density at radius 3 is 1.97 bits per heavy atom. The molecule has 0 radical (unpaired) electrons. The first-order valence-corrected chi connectivity index (χ1v) is 11.7. The van der Waals surface area contributed by atoms with Crippen molar-refractivity contribution in [3.05, 3.63) is 0 Å². The zero-order chi connectivity index (χ0) is 23.4. The lowest BCUT2D eigenvalue weighted by Gasteiger charge is -2.25. The van der Waals surface area contributed by atoms with Gasteiger partial charge >= 0.3 is 5.97 Å². The number of carboxylic acids is 1. The summed E-state index contributed by atoms with van der Waals surface area (Å²) < 4.78 is 0. The van der Waals surface area contributed by atoms with Crippen molar-refractivity contribution < 1.29 is 24.3 Å². The molecule has 0 aromatic carbocycles. The number of nitrogens with two attached hydrogens (primary N) is 1. The molecule has 0 bridgehead atoms. The van der Waals surface area contributed by atoms with Gasteiger partial charge in [-0.25, -0.2) is 4.79 Å². The van der Waals surface area contributed by atoms with Crippen molar-refractivity contribution in [3.63, 3.8) is 0 Å². The highest BCUT2D eigenvalue weighted by molar-refractivity contribution is 7.98. The second-order valence-corrected chi connectivity index (χ2v) is 9.00. The van der Waals surface area contributed by atoms with E-state index in [2.05, 4.69) is 16.0 Å². The predicted molar refractivity (Wildman–Crippen MR) is 119 cm³/mol. The number of hydrogen-bond acceptors (Lipinski definition) is 6. The third-order valence-corrected chi connectivity index (χ3v) is 5.52. The van der Waals surface area contributed by atoms with Crippen molar-refractivity contribution in [1.29, 1.82) is 0 Å². The van der Waals surface area contributed by atoms with Crippen LogP contribution in [0.4, 0.5) is 0 Å². The van der Waals surface area contributed by atoms with E-state index in [4.69, 9.17) is 5.73 Å². The molecule has 0 aliphatic heterocycles. The average molecular weight is 447 g/mol. The van der Waals surface area contributed by atoms with E-state index >= 15 is 0 Å². The van der Waals surface area contributed by atoms with Crippen LogP contribution in [0.1, 0.15) is 53.9 Å². The minimum Gasteiger partial charge on any atom is -0.480 e. The van der Waals surface area contributed by atoms with Crippen LogP contribution in [0.15, 0.2) is 0 Å². The highest BCUT2D eigenvalue weighted by Crippen LogP contribution is 2.08. The van der Waals surface area contributed by atoms with Crippen molar-refractivity contribution >= 4 is 35.5 Å². The quantitative estimate of drug-likeness (QED) is 0.264. The molecule has 0 aromatic heterocycles. The molecule has 5 unspecified atom stereocenters. The van der Waals surface area contributed by atoms with Crippen LogP contribution in [0.3, 0.4) is 0 Å². The Morgan fingerprint density at radius 1 is 0.933 bits per heavy atom. The van der Waals surface area contributed by atoms with Crippen molar-refractivity contribution in [3.8, 4) is 0 Å². The summed E-state index contributed by atoms with van der Waals surface area (Å²) in [5.41, 5.74) is 5.95. The van der Waals surface area contributed by atoms with Crippen LogP contribution in [0.5, 0.6) is 0 Å². The number of hydrogen-bond donors (Lipinski definition) is 5. The first-order valence-electron chi connectivity index (χ1n) is 10.3. The summed E-state index contributed by atoms with van der Waals surface area (Å²) in [6, 6.07) is -3.55. The van der Waals surface area contributed by atoms with Gasteiger partial charge in [0.1, 0.15) is 18.1 Å². The van der Waals surface area contributed by atoms with Gasteiger partial charge in [0.2, 0.25) is 17.7 Å². The third kappa shape index (κ3) is 10.3. The topological polar surface area (TPSA) is 151 Å². The standard InChI is InChI=1S/C20H38N4O5S/c1-7-12(4)16(21)19(27)23-14(8-9-30-6)18(26)22-13(5)17(25)24-15(20(28)29)10-11(2)3/h11-16H,7-10,21H2,1-6H3,(H,22,26)(H,23,27)(H,24,25)(H,28,29). The summed E-state index contributed by atoms with van der Waals surface area (Å²) in [4.78, 5) is 48.8. The summed E-state index contributed by atoms with van der Waals surface area (Å²) in [6.45, 7) is 8.98. The minimum atomic E-state index is -1.13. The fourth-order valence-electron chi connectivity index (χ4n) is 2.65. The van der Waals surface area contributed by atoms with E-state index < -0.39 is 47.9 Å². The van der Waals surface area contributed by atoms with Gasteiger partial charge in [-0.15, -0.1) is 0 Å². The van der Waals surface area contributed by atoms with Gasteiger partial charge in [-0.3, -0.25) is 14.4 Å². The summed E-state index contributed by atoms with van der Waals surface area (Å²) in [5, 5.41) is 17.0. The Hall–Kier alpha value is -1.81. The maximum Gasteiger partial charge on any atom is 0.326 e. The zero-order valence-corrected chi connectivity index (χ0v) is 19.7. The largest absolute Gasteiger partial charge is 0.480 e. The van der Waals surface area contributed by atoms with E-state index in [-0.39, 0.29) is 18.3 Å². The summed E-state index contributed by atoms with van der Waals surface area (Å²) in [5.74, 6) is -1.96. The molecular weight excluding hydrogens is 408 g/mol. The van der Waals surface area contributed by atoms with Crippen molar-refractivity contribution in [2.75, 3.05) is 12.0 Å². The van der Waals surface area contributed by atoms with Crippen LogP contribution in [-0.4, -0.2) is 65.0 Å². The Bertz CT molecular complexity index is 588. The average Bonchev–Trinajstić information content (AvgIpc) is 2.68. The van der Waals surface area contributed by atoms with Crippen LogP contribution in [0.25, 0.3) is 0 Å². The fourth-order valence-corrected chi connectivity index (χ4v) is 3.13. The Morgan fingerprint density at radius 2 is 1.50 bits per heavy atom. The molecule has 0 saturated carbocycles. The number of carbonyl (C=O) groups is 4. The Balaban J connectivity index is 5.05. The number of thioether (sulfide) groups is 1. The molecule has 30 heavy (non-hydrogen) atoms. The molecule has 0 rings (SSSR count). The van der Waals surface area contributed by atoms with E-state index in [1.165, 1.54) is 18.7 Å². The molecule has 3 amide bonds. The van der Waals surface area contributed by atoms with E-state index in [1.54, 1.807) is 0 Å².